The van der Waals surface area contributed by atoms with Gasteiger partial charge in [-0.25, -0.2) is 0 Å². The highest BCUT2D eigenvalue weighted by molar-refractivity contribution is 6.21. The van der Waals surface area contributed by atoms with E-state index in [1.165, 1.54) is 0 Å². The van der Waals surface area contributed by atoms with Gasteiger partial charge in [-0.15, -0.1) is 23.2 Å². The molecule has 0 bridgehead atoms. The van der Waals surface area contributed by atoms with Gasteiger partial charge in [0.25, 0.3) is 0 Å². The van der Waals surface area contributed by atoms with Crippen molar-refractivity contribution in [3.05, 3.63) is 0 Å². The highest BCUT2D eigenvalue weighted by Crippen LogP contribution is 2.19. The molecule has 1 fully saturated rings. The summed E-state index contributed by atoms with van der Waals surface area (Å²) in [6.45, 7) is 1.92. The van der Waals surface area contributed by atoms with E-state index in [0.29, 0.717) is 11.8 Å². The van der Waals surface area contributed by atoms with Crippen molar-refractivity contribution in [2.45, 2.75) is 18.9 Å². The molecule has 0 aromatic carbocycles. The van der Waals surface area contributed by atoms with Crippen LogP contribution in [-0.4, -0.2) is 35.8 Å². The second kappa shape index (κ2) is 5.70. The Morgan fingerprint density at radius 3 is 2.23 bits per heavy atom. The summed E-state index contributed by atoms with van der Waals surface area (Å²) < 4.78 is 0. The number of alkyl halides is 2. The van der Waals surface area contributed by atoms with Gasteiger partial charge in [0.2, 0.25) is 0 Å². The number of hydrogen-bond donors (Lipinski definition) is 0. The van der Waals surface area contributed by atoms with Gasteiger partial charge in [-0.05, 0) is 25.9 Å². The number of nitriles is 1. The van der Waals surface area contributed by atoms with Crippen molar-refractivity contribution in [2.24, 2.45) is 5.92 Å². The number of likely N-dealkylation sites (tertiary alicyclic amines) is 1. The number of halogens is 2. The van der Waals surface area contributed by atoms with Crippen molar-refractivity contribution < 1.29 is 0 Å². The molecule has 4 heteroatoms. The minimum atomic E-state index is 0.238. The van der Waals surface area contributed by atoms with Gasteiger partial charge in [0.1, 0.15) is 0 Å². The van der Waals surface area contributed by atoms with Gasteiger partial charge in [-0.1, -0.05) is 0 Å². The predicted octanol–water partition coefficient (Wildman–Crippen LogP) is 2.07. The standard InChI is InChI=1S/C9H14Cl2N2/c10-5-9(6-11)13-3-1-8(7-12)2-4-13/h8-9H,1-6H2. The van der Waals surface area contributed by atoms with E-state index in [2.05, 4.69) is 11.0 Å². The minimum Gasteiger partial charge on any atom is -0.298 e. The van der Waals surface area contributed by atoms with Gasteiger partial charge in [-0.2, -0.15) is 5.26 Å². The number of nitrogens with zero attached hydrogens (tertiary/aromatic N) is 2. The summed E-state index contributed by atoms with van der Waals surface area (Å²) in [4.78, 5) is 2.29. The smallest absolute Gasteiger partial charge is 0.0656 e. The zero-order chi connectivity index (χ0) is 9.68. The lowest BCUT2D eigenvalue weighted by Crippen LogP contribution is -2.43. The van der Waals surface area contributed by atoms with Crippen LogP contribution in [0.15, 0.2) is 0 Å². The highest BCUT2D eigenvalue weighted by Gasteiger charge is 2.23. The average Bonchev–Trinajstić information content (AvgIpc) is 2.21. The highest BCUT2D eigenvalue weighted by atomic mass is 35.5. The van der Waals surface area contributed by atoms with Crippen LogP contribution < -0.4 is 0 Å². The monoisotopic (exact) mass is 220 g/mol. The molecule has 0 aromatic rings. The first kappa shape index (κ1) is 11.1. The maximum Gasteiger partial charge on any atom is 0.0656 e. The Morgan fingerprint density at radius 2 is 1.85 bits per heavy atom. The summed E-state index contributed by atoms with van der Waals surface area (Å²) in [7, 11) is 0. The molecule has 0 aliphatic carbocycles. The van der Waals surface area contributed by atoms with Gasteiger partial charge in [0, 0.05) is 23.7 Å². The van der Waals surface area contributed by atoms with Gasteiger partial charge < -0.3 is 0 Å². The van der Waals surface area contributed by atoms with Gasteiger partial charge >= 0.3 is 0 Å². The zero-order valence-electron chi connectivity index (χ0n) is 7.55. The molecule has 1 aliphatic rings. The maximum absolute atomic E-state index is 8.71. The molecule has 13 heavy (non-hydrogen) atoms. The van der Waals surface area contributed by atoms with E-state index in [9.17, 15) is 0 Å². The third-order valence-electron chi connectivity index (χ3n) is 2.58. The Hall–Kier alpha value is 0.0300. The summed E-state index contributed by atoms with van der Waals surface area (Å²) in [5.41, 5.74) is 0. The normalized spacial score (nSPS) is 20.5. The molecule has 1 saturated heterocycles. The van der Waals surface area contributed by atoms with E-state index in [4.69, 9.17) is 28.5 Å². The number of hydrogen-bond acceptors (Lipinski definition) is 2. The third-order valence-corrected chi connectivity index (χ3v) is 3.30. The lowest BCUT2D eigenvalue weighted by Gasteiger charge is -2.33. The average molecular weight is 221 g/mol. The molecule has 0 amide bonds. The van der Waals surface area contributed by atoms with Crippen molar-refractivity contribution in [1.82, 2.24) is 4.90 Å². The molecule has 1 aliphatic heterocycles. The van der Waals surface area contributed by atoms with E-state index in [1.54, 1.807) is 0 Å². The van der Waals surface area contributed by atoms with Crippen LogP contribution in [-0.2, 0) is 0 Å². The largest absolute Gasteiger partial charge is 0.298 e. The van der Waals surface area contributed by atoms with Crippen LogP contribution in [0.1, 0.15) is 12.8 Å². The van der Waals surface area contributed by atoms with Crippen LogP contribution >= 0.6 is 23.2 Å². The first-order valence-corrected chi connectivity index (χ1v) is 5.64. The van der Waals surface area contributed by atoms with E-state index in [1.807, 2.05) is 0 Å². The van der Waals surface area contributed by atoms with Crippen molar-refractivity contribution in [1.29, 1.82) is 5.26 Å². The van der Waals surface area contributed by atoms with Crippen molar-refractivity contribution in [3.63, 3.8) is 0 Å². The number of rotatable bonds is 3. The van der Waals surface area contributed by atoms with Crippen molar-refractivity contribution in [2.75, 3.05) is 24.8 Å². The Morgan fingerprint density at radius 1 is 1.31 bits per heavy atom. The molecule has 0 radical (unpaired) electrons. The van der Waals surface area contributed by atoms with Gasteiger partial charge in [0.05, 0.1) is 6.07 Å². The van der Waals surface area contributed by atoms with Gasteiger partial charge in [-0.3, -0.25) is 4.90 Å². The molecule has 0 aromatic heterocycles. The zero-order valence-corrected chi connectivity index (χ0v) is 9.06. The minimum absolute atomic E-state index is 0.238. The molecule has 1 heterocycles. The SMILES string of the molecule is N#CC1CCN(C(CCl)CCl)CC1. The lowest BCUT2D eigenvalue weighted by molar-refractivity contribution is 0.170. The summed E-state index contributed by atoms with van der Waals surface area (Å²) in [6.07, 6.45) is 1.92. The Balaban J connectivity index is 2.36. The fourth-order valence-electron chi connectivity index (χ4n) is 1.63. The van der Waals surface area contributed by atoms with Crippen LogP contribution in [0, 0.1) is 17.2 Å². The molecular formula is C9H14Cl2N2. The van der Waals surface area contributed by atoms with Crippen LogP contribution in [0.5, 0.6) is 0 Å². The quantitative estimate of drug-likeness (QED) is 0.682. The summed E-state index contributed by atoms with van der Waals surface area (Å²) >= 11 is 11.6. The van der Waals surface area contributed by atoms with Crippen LogP contribution in [0.4, 0.5) is 0 Å². The molecule has 0 spiro atoms. The molecule has 74 valence electrons. The molecule has 0 N–H and O–H groups in total. The lowest BCUT2D eigenvalue weighted by atomic mass is 9.98. The van der Waals surface area contributed by atoms with E-state index >= 15 is 0 Å². The Bertz CT molecular complexity index is 179. The topological polar surface area (TPSA) is 27.0 Å². The fraction of sp³-hybridized carbons (Fsp3) is 0.889. The van der Waals surface area contributed by atoms with Crippen molar-refractivity contribution >= 4 is 23.2 Å². The van der Waals surface area contributed by atoms with Crippen LogP contribution in [0.25, 0.3) is 0 Å². The Kier molecular flexibility index (Phi) is 4.87. The fourth-order valence-corrected chi connectivity index (χ4v) is 2.35. The summed E-state index contributed by atoms with van der Waals surface area (Å²) in [5, 5.41) is 8.71. The summed E-state index contributed by atoms with van der Waals surface area (Å²) in [6, 6.07) is 2.59. The molecule has 0 atom stereocenters. The van der Waals surface area contributed by atoms with Crippen LogP contribution in [0.3, 0.4) is 0 Å². The van der Waals surface area contributed by atoms with E-state index < -0.39 is 0 Å². The van der Waals surface area contributed by atoms with Crippen molar-refractivity contribution in [3.8, 4) is 6.07 Å². The molecular weight excluding hydrogens is 207 g/mol. The predicted molar refractivity (Wildman–Crippen MR) is 55.1 cm³/mol. The Labute approximate surface area is 89.4 Å². The van der Waals surface area contributed by atoms with E-state index in [0.717, 1.165) is 25.9 Å². The van der Waals surface area contributed by atoms with Gasteiger partial charge in [0.15, 0.2) is 0 Å². The number of piperidine rings is 1. The second-order valence-corrected chi connectivity index (χ2v) is 4.02. The molecule has 1 rings (SSSR count). The molecule has 2 nitrogen and oxygen atoms in total. The first-order chi connectivity index (χ1) is 6.31. The second-order valence-electron chi connectivity index (χ2n) is 3.40. The maximum atomic E-state index is 8.71. The first-order valence-electron chi connectivity index (χ1n) is 4.57. The summed E-state index contributed by atoms with van der Waals surface area (Å²) in [5.74, 6) is 1.41. The molecule has 0 saturated carbocycles. The van der Waals surface area contributed by atoms with Crippen LogP contribution in [0.2, 0.25) is 0 Å². The molecule has 0 unspecified atom stereocenters. The third kappa shape index (κ3) is 3.02. The van der Waals surface area contributed by atoms with E-state index in [-0.39, 0.29) is 12.0 Å².